The molecule has 2 atom stereocenters. The van der Waals surface area contributed by atoms with Crippen LogP contribution in [0, 0.1) is 0 Å². The van der Waals surface area contributed by atoms with Gasteiger partial charge in [-0.15, -0.1) is 0 Å². The van der Waals surface area contributed by atoms with Crippen LogP contribution >= 0.6 is 11.6 Å². The van der Waals surface area contributed by atoms with Gasteiger partial charge in [-0.25, -0.2) is 4.79 Å². The summed E-state index contributed by atoms with van der Waals surface area (Å²) < 4.78 is 46.6. The molecule has 0 unspecified atom stereocenters. The Kier molecular flexibility index (Phi) is 6.10. The number of methoxy groups -OCH3 is 1. The van der Waals surface area contributed by atoms with Crippen molar-refractivity contribution in [1.29, 1.82) is 0 Å². The maximum atomic E-state index is 13.9. The number of alkyl halides is 3. The van der Waals surface area contributed by atoms with Gasteiger partial charge >= 0.3 is 12.1 Å². The van der Waals surface area contributed by atoms with Gasteiger partial charge in [0.05, 0.1) is 18.2 Å². The van der Waals surface area contributed by atoms with Crippen LogP contribution in [0.4, 0.5) is 13.2 Å². The number of nitrogens with one attached hydrogen (secondary N) is 1. The average Bonchev–Trinajstić information content (AvgIpc) is 2.77. The Morgan fingerprint density at radius 1 is 1.09 bits per heavy atom. The Labute approximate surface area is 194 Å². The fraction of sp³-hybridized carbons (Fsp3) is 0.280. The molecule has 8 heteroatoms. The van der Waals surface area contributed by atoms with Gasteiger partial charge in [-0.3, -0.25) is 4.79 Å². The number of Topliss-reactive ketones (excluding diaryl/α,β-unsaturated/α-hetero) is 1. The SMILES string of the molecule is COC(=O)C1=C(C)NC2=C(C(=O)C[C@H](c3ccc(Cl)cc3)C2)[C@H]1c1ccccc1C(F)(F)F. The smallest absolute Gasteiger partial charge is 0.416 e. The number of ketones is 1. The zero-order valence-electron chi connectivity index (χ0n) is 17.9. The monoisotopic (exact) mass is 475 g/mol. The lowest BCUT2D eigenvalue weighted by atomic mass is 9.71. The molecule has 0 fully saturated rings. The van der Waals surface area contributed by atoms with Gasteiger partial charge in [0.15, 0.2) is 5.78 Å². The number of ether oxygens (including phenoxy) is 1. The number of benzene rings is 2. The molecule has 2 aromatic carbocycles. The van der Waals surface area contributed by atoms with Crippen molar-refractivity contribution < 1.29 is 27.5 Å². The second-order valence-electron chi connectivity index (χ2n) is 8.15. The molecule has 172 valence electrons. The van der Waals surface area contributed by atoms with Gasteiger partial charge in [0.1, 0.15) is 0 Å². The highest BCUT2D eigenvalue weighted by Gasteiger charge is 2.44. The van der Waals surface area contributed by atoms with E-state index in [0.717, 1.165) is 11.6 Å². The molecule has 0 aromatic heterocycles. The average molecular weight is 476 g/mol. The minimum Gasteiger partial charge on any atom is -0.466 e. The third-order valence-corrected chi connectivity index (χ3v) is 6.40. The van der Waals surface area contributed by atoms with Gasteiger partial charge in [0.25, 0.3) is 0 Å². The maximum absolute atomic E-state index is 13.9. The van der Waals surface area contributed by atoms with Gasteiger partial charge in [-0.2, -0.15) is 13.2 Å². The van der Waals surface area contributed by atoms with Gasteiger partial charge in [-0.05, 0) is 48.6 Å². The molecule has 4 rings (SSSR count). The molecule has 1 aliphatic heterocycles. The first-order valence-corrected chi connectivity index (χ1v) is 10.7. The zero-order chi connectivity index (χ0) is 23.9. The summed E-state index contributed by atoms with van der Waals surface area (Å²) in [5.74, 6) is -2.42. The Morgan fingerprint density at radius 3 is 2.39 bits per heavy atom. The standard InChI is InChI=1S/C25H21ClF3NO3/c1-13-21(24(32)33-2)22(17-5-3-4-6-18(17)25(27,28)29)23-19(30-13)11-15(12-20(23)31)14-7-9-16(26)10-8-14/h3-10,15,22,30H,11-12H2,1-2H3/t15-,22+/m1/s1. The minimum atomic E-state index is -4.65. The summed E-state index contributed by atoms with van der Waals surface area (Å²) in [6, 6.07) is 12.2. The summed E-state index contributed by atoms with van der Waals surface area (Å²) in [6.45, 7) is 1.61. The van der Waals surface area contributed by atoms with Crippen molar-refractivity contribution in [3.8, 4) is 0 Å². The van der Waals surface area contributed by atoms with E-state index < -0.39 is 23.6 Å². The molecule has 0 bridgehead atoms. The minimum absolute atomic E-state index is 0.00578. The van der Waals surface area contributed by atoms with Crippen molar-refractivity contribution >= 4 is 23.4 Å². The van der Waals surface area contributed by atoms with Crippen molar-refractivity contribution in [3.05, 3.63) is 92.8 Å². The fourth-order valence-corrected chi connectivity index (χ4v) is 4.83. The van der Waals surface area contributed by atoms with Crippen molar-refractivity contribution in [2.75, 3.05) is 7.11 Å². The second kappa shape index (κ2) is 8.71. The maximum Gasteiger partial charge on any atom is 0.416 e. The molecule has 2 aromatic rings. The molecule has 1 N–H and O–H groups in total. The Morgan fingerprint density at radius 2 is 1.76 bits per heavy atom. The molecule has 0 saturated heterocycles. The van der Waals surface area contributed by atoms with Crippen LogP contribution in [0.3, 0.4) is 0 Å². The molecule has 0 radical (unpaired) electrons. The molecule has 33 heavy (non-hydrogen) atoms. The Bertz CT molecular complexity index is 1180. The first-order chi connectivity index (χ1) is 15.6. The highest BCUT2D eigenvalue weighted by atomic mass is 35.5. The summed E-state index contributed by atoms with van der Waals surface area (Å²) in [5.41, 5.74) is 0.969. The summed E-state index contributed by atoms with van der Waals surface area (Å²) in [4.78, 5) is 26.1. The highest BCUT2D eigenvalue weighted by Crippen LogP contribution is 2.48. The summed E-state index contributed by atoms with van der Waals surface area (Å²) in [7, 11) is 1.17. The van der Waals surface area contributed by atoms with Crippen molar-refractivity contribution in [1.82, 2.24) is 5.32 Å². The predicted octanol–water partition coefficient (Wildman–Crippen LogP) is 5.89. The number of allylic oxidation sites excluding steroid dienone is 3. The molecule has 4 nitrogen and oxygen atoms in total. The normalized spacial score (nSPS) is 21.0. The van der Waals surface area contributed by atoms with Crippen LogP contribution in [0.25, 0.3) is 0 Å². The number of hydrogen-bond donors (Lipinski definition) is 1. The van der Waals surface area contributed by atoms with Crippen LogP contribution in [0.15, 0.2) is 71.1 Å². The molecule has 0 saturated carbocycles. The number of carbonyl (C=O) groups is 2. The van der Waals surface area contributed by atoms with E-state index in [4.69, 9.17) is 16.3 Å². The van der Waals surface area contributed by atoms with E-state index in [-0.39, 0.29) is 34.8 Å². The Balaban J connectivity index is 1.87. The number of rotatable bonds is 3. The number of hydrogen-bond acceptors (Lipinski definition) is 4. The summed E-state index contributed by atoms with van der Waals surface area (Å²) in [6.07, 6.45) is -4.12. The van der Waals surface area contributed by atoms with E-state index in [9.17, 15) is 22.8 Å². The topological polar surface area (TPSA) is 55.4 Å². The van der Waals surface area contributed by atoms with E-state index in [1.54, 1.807) is 19.1 Å². The zero-order valence-corrected chi connectivity index (χ0v) is 18.7. The molecular weight excluding hydrogens is 455 g/mol. The van der Waals surface area contributed by atoms with Gasteiger partial charge in [0, 0.05) is 34.3 Å². The molecular formula is C25H21ClF3NO3. The van der Waals surface area contributed by atoms with E-state index in [2.05, 4.69) is 5.32 Å². The van der Waals surface area contributed by atoms with E-state index >= 15 is 0 Å². The summed E-state index contributed by atoms with van der Waals surface area (Å²) >= 11 is 5.98. The lowest BCUT2D eigenvalue weighted by Crippen LogP contribution is -2.36. The lowest BCUT2D eigenvalue weighted by Gasteiger charge is -2.37. The number of esters is 1. The van der Waals surface area contributed by atoms with E-state index in [1.165, 1.54) is 25.3 Å². The number of halogens is 4. The van der Waals surface area contributed by atoms with E-state index in [0.29, 0.717) is 22.8 Å². The van der Waals surface area contributed by atoms with Gasteiger partial charge < -0.3 is 10.1 Å². The predicted molar refractivity (Wildman–Crippen MR) is 117 cm³/mol. The van der Waals surface area contributed by atoms with Crippen molar-refractivity contribution in [2.45, 2.75) is 37.8 Å². The summed E-state index contributed by atoms with van der Waals surface area (Å²) in [5, 5.41) is 3.68. The van der Waals surface area contributed by atoms with Crippen LogP contribution in [-0.4, -0.2) is 18.9 Å². The highest BCUT2D eigenvalue weighted by molar-refractivity contribution is 6.30. The largest absolute Gasteiger partial charge is 0.466 e. The fourth-order valence-electron chi connectivity index (χ4n) is 4.71. The van der Waals surface area contributed by atoms with Crippen LogP contribution in [-0.2, 0) is 20.5 Å². The quantitative estimate of drug-likeness (QED) is 0.562. The molecule has 1 aliphatic carbocycles. The number of dihydropyridines is 1. The van der Waals surface area contributed by atoms with Crippen molar-refractivity contribution in [2.24, 2.45) is 0 Å². The van der Waals surface area contributed by atoms with Gasteiger partial charge in [-0.1, -0.05) is 41.9 Å². The van der Waals surface area contributed by atoms with E-state index in [1.807, 2.05) is 12.1 Å². The molecule has 2 aliphatic rings. The lowest BCUT2D eigenvalue weighted by molar-refractivity contribution is -0.139. The van der Waals surface area contributed by atoms with Crippen LogP contribution in [0.5, 0.6) is 0 Å². The van der Waals surface area contributed by atoms with Crippen LogP contribution < -0.4 is 5.32 Å². The molecule has 1 heterocycles. The molecule has 0 spiro atoms. The first-order valence-electron chi connectivity index (χ1n) is 10.4. The van der Waals surface area contributed by atoms with Crippen LogP contribution in [0.2, 0.25) is 5.02 Å². The Hall–Kier alpha value is -3.06. The third kappa shape index (κ3) is 4.29. The molecule has 0 amide bonds. The third-order valence-electron chi connectivity index (χ3n) is 6.15. The van der Waals surface area contributed by atoms with Crippen molar-refractivity contribution in [3.63, 3.8) is 0 Å². The number of carbonyl (C=O) groups excluding carboxylic acids is 2. The second-order valence-corrected chi connectivity index (χ2v) is 8.58. The first kappa shape index (κ1) is 23.1. The van der Waals surface area contributed by atoms with Crippen LogP contribution in [0.1, 0.15) is 48.3 Å². The van der Waals surface area contributed by atoms with Gasteiger partial charge in [0.2, 0.25) is 0 Å².